The minimum Gasteiger partial charge on any atom is -0.466 e. The molecular weight excluding hydrogens is 1020 g/mol. The Bertz CT molecular complexity index is 1300. The van der Waals surface area contributed by atoms with Crippen LogP contribution >= 0.6 is 0 Å². The highest BCUT2D eigenvalue weighted by atomic mass is 16.5. The summed E-state index contributed by atoms with van der Waals surface area (Å²) in [5.41, 5.74) is 0. The number of amides is 1. The second-order valence-corrected chi connectivity index (χ2v) is 26.3. The van der Waals surface area contributed by atoms with Crippen LogP contribution in [0.25, 0.3) is 0 Å². The van der Waals surface area contributed by atoms with Crippen LogP contribution in [0, 0.1) is 0 Å². The van der Waals surface area contributed by atoms with Crippen molar-refractivity contribution in [3.05, 3.63) is 24.3 Å². The molecule has 0 fully saturated rings. The van der Waals surface area contributed by atoms with E-state index in [0.717, 1.165) is 44.9 Å². The van der Waals surface area contributed by atoms with Crippen LogP contribution in [0.1, 0.15) is 431 Å². The van der Waals surface area contributed by atoms with Crippen LogP contribution in [0.5, 0.6) is 0 Å². The molecule has 0 spiro atoms. The molecule has 0 aliphatic rings. The van der Waals surface area contributed by atoms with Crippen molar-refractivity contribution in [2.75, 3.05) is 13.2 Å². The normalized spacial score (nSPS) is 12.6. The van der Waals surface area contributed by atoms with E-state index < -0.39 is 12.1 Å². The van der Waals surface area contributed by atoms with Gasteiger partial charge in [-0.15, -0.1) is 0 Å². The van der Waals surface area contributed by atoms with Gasteiger partial charge in [0.25, 0.3) is 0 Å². The number of aliphatic hydroxyl groups excluding tert-OH is 2. The van der Waals surface area contributed by atoms with Crippen molar-refractivity contribution < 1.29 is 24.5 Å². The highest BCUT2D eigenvalue weighted by Crippen LogP contribution is 2.20. The van der Waals surface area contributed by atoms with Crippen molar-refractivity contribution in [3.63, 3.8) is 0 Å². The molecular formula is C77H149NO5. The van der Waals surface area contributed by atoms with Gasteiger partial charge in [-0.2, -0.15) is 0 Å². The van der Waals surface area contributed by atoms with Gasteiger partial charge in [-0.25, -0.2) is 0 Å². The fourth-order valence-electron chi connectivity index (χ4n) is 12.2. The highest BCUT2D eigenvalue weighted by Gasteiger charge is 2.20. The van der Waals surface area contributed by atoms with E-state index in [-0.39, 0.29) is 18.5 Å². The quantitative estimate of drug-likeness (QED) is 0.0320. The van der Waals surface area contributed by atoms with Crippen LogP contribution in [-0.2, 0) is 14.3 Å². The number of hydrogen-bond acceptors (Lipinski definition) is 5. The smallest absolute Gasteiger partial charge is 0.305 e. The van der Waals surface area contributed by atoms with Gasteiger partial charge >= 0.3 is 5.97 Å². The average molecular weight is 1170 g/mol. The zero-order valence-electron chi connectivity index (χ0n) is 56.5. The molecule has 6 heteroatoms. The summed E-state index contributed by atoms with van der Waals surface area (Å²) in [5.74, 6) is -0.0123. The first-order valence-corrected chi connectivity index (χ1v) is 38.1. The molecule has 0 bridgehead atoms. The van der Waals surface area contributed by atoms with Gasteiger partial charge < -0.3 is 20.3 Å². The predicted molar refractivity (Wildman–Crippen MR) is 366 cm³/mol. The minimum atomic E-state index is -0.664. The number of hydrogen-bond donors (Lipinski definition) is 3. The van der Waals surface area contributed by atoms with Crippen molar-refractivity contribution in [2.24, 2.45) is 0 Å². The van der Waals surface area contributed by atoms with Gasteiger partial charge in [-0.3, -0.25) is 9.59 Å². The third-order valence-corrected chi connectivity index (χ3v) is 18.0. The molecule has 0 radical (unpaired) electrons. The number of nitrogens with one attached hydrogen (secondary N) is 1. The molecule has 3 N–H and O–H groups in total. The fraction of sp³-hybridized carbons (Fsp3) is 0.922. The Kier molecular flexibility index (Phi) is 71.4. The summed E-state index contributed by atoms with van der Waals surface area (Å²) in [7, 11) is 0. The predicted octanol–water partition coefficient (Wildman–Crippen LogP) is 24.9. The van der Waals surface area contributed by atoms with Crippen LogP contribution in [0.3, 0.4) is 0 Å². The molecule has 0 aromatic rings. The zero-order chi connectivity index (χ0) is 59.9. The van der Waals surface area contributed by atoms with E-state index in [4.69, 9.17) is 4.74 Å². The van der Waals surface area contributed by atoms with E-state index >= 15 is 0 Å². The average Bonchev–Trinajstić information content (AvgIpc) is 3.49. The lowest BCUT2D eigenvalue weighted by molar-refractivity contribution is -0.143. The van der Waals surface area contributed by atoms with Crippen molar-refractivity contribution in [1.29, 1.82) is 0 Å². The van der Waals surface area contributed by atoms with Gasteiger partial charge in [0, 0.05) is 12.8 Å². The highest BCUT2D eigenvalue weighted by molar-refractivity contribution is 5.76. The Morgan fingerprint density at radius 1 is 0.337 bits per heavy atom. The fourth-order valence-corrected chi connectivity index (χ4v) is 12.2. The maximum atomic E-state index is 12.6. The van der Waals surface area contributed by atoms with E-state index in [2.05, 4.69) is 43.5 Å². The Morgan fingerprint density at radius 3 is 0.916 bits per heavy atom. The molecule has 0 heterocycles. The van der Waals surface area contributed by atoms with Crippen LogP contribution in [0.2, 0.25) is 0 Å². The topological polar surface area (TPSA) is 95.9 Å². The second kappa shape index (κ2) is 72.8. The molecule has 0 saturated carbocycles. The maximum Gasteiger partial charge on any atom is 0.305 e. The second-order valence-electron chi connectivity index (χ2n) is 26.3. The summed E-state index contributed by atoms with van der Waals surface area (Å²) in [4.78, 5) is 24.6. The lowest BCUT2D eigenvalue weighted by atomic mass is 10.0. The number of unbranched alkanes of at least 4 members (excludes halogenated alkanes) is 57. The first-order chi connectivity index (χ1) is 41.0. The van der Waals surface area contributed by atoms with Gasteiger partial charge in [-0.1, -0.05) is 385 Å². The Balaban J connectivity index is 3.38. The maximum absolute atomic E-state index is 12.6. The molecule has 492 valence electrons. The van der Waals surface area contributed by atoms with E-state index in [1.165, 1.54) is 353 Å². The molecule has 0 saturated heterocycles. The summed E-state index contributed by atoms with van der Waals surface area (Å²) in [6, 6.07) is -0.541. The number of carbonyl (C=O) groups excluding carboxylic acids is 2. The number of ether oxygens (including phenoxy) is 1. The Morgan fingerprint density at radius 2 is 0.602 bits per heavy atom. The van der Waals surface area contributed by atoms with Crippen molar-refractivity contribution in [1.82, 2.24) is 5.32 Å². The molecule has 1 amide bonds. The van der Waals surface area contributed by atoms with Crippen LogP contribution in [0.4, 0.5) is 0 Å². The van der Waals surface area contributed by atoms with Gasteiger partial charge in [0.2, 0.25) is 5.91 Å². The largest absolute Gasteiger partial charge is 0.466 e. The molecule has 0 aromatic carbocycles. The standard InChI is InChI=1S/C77H149NO5/c1-3-5-7-9-11-13-15-17-18-19-20-34-37-40-43-46-49-53-57-61-65-69-75(80)74(73-79)78-76(81)70-66-62-58-54-50-47-44-41-38-35-32-30-28-26-24-22-21-23-25-27-29-31-33-36-39-42-45-48-52-56-60-64-68-72-83-77(82)71-67-63-59-55-51-16-14-12-10-8-6-4-2/h25,27,31,33,74-75,79-80H,3-24,26,28-30,32,34-73H2,1-2H3,(H,78,81)/b27-25-,33-31-. The van der Waals surface area contributed by atoms with Gasteiger partial charge in [0.1, 0.15) is 0 Å². The van der Waals surface area contributed by atoms with Crippen LogP contribution < -0.4 is 5.32 Å². The summed E-state index contributed by atoms with van der Waals surface area (Å²) >= 11 is 0. The zero-order valence-corrected chi connectivity index (χ0v) is 56.5. The molecule has 83 heavy (non-hydrogen) atoms. The van der Waals surface area contributed by atoms with Gasteiger partial charge in [0.15, 0.2) is 0 Å². The Hall–Kier alpha value is -1.66. The number of carbonyl (C=O) groups is 2. The summed E-state index contributed by atoms with van der Waals surface area (Å²) in [6.45, 7) is 5.00. The van der Waals surface area contributed by atoms with Crippen LogP contribution in [-0.4, -0.2) is 47.4 Å². The number of esters is 1. The molecule has 6 nitrogen and oxygen atoms in total. The molecule has 0 aliphatic carbocycles. The van der Waals surface area contributed by atoms with E-state index in [1.807, 2.05) is 0 Å². The van der Waals surface area contributed by atoms with Gasteiger partial charge in [-0.05, 0) is 57.8 Å². The lowest BCUT2D eigenvalue weighted by Crippen LogP contribution is -2.45. The van der Waals surface area contributed by atoms with Crippen molar-refractivity contribution >= 4 is 11.9 Å². The Labute approximate surface area is 520 Å². The third-order valence-electron chi connectivity index (χ3n) is 18.0. The molecule has 0 aromatic heterocycles. The number of aliphatic hydroxyl groups is 2. The van der Waals surface area contributed by atoms with Crippen molar-refractivity contribution in [2.45, 2.75) is 443 Å². The molecule has 0 rings (SSSR count). The SMILES string of the molecule is CCCCCCCCCCCCCCCCCCCCCCCC(O)C(CO)NC(=O)CCCCCCCCCCCCCCCCCCC/C=C\C/C=C\CCCCCCCCCCCOC(=O)CCCCCCCCCCCCCC. The lowest BCUT2D eigenvalue weighted by Gasteiger charge is -2.22. The first kappa shape index (κ1) is 81.3. The minimum absolute atomic E-state index is 0.0157. The first-order valence-electron chi connectivity index (χ1n) is 38.1. The molecule has 2 atom stereocenters. The summed E-state index contributed by atoms with van der Waals surface area (Å²) in [5, 5.41) is 23.4. The summed E-state index contributed by atoms with van der Waals surface area (Å²) in [6.07, 6.45) is 92.5. The monoisotopic (exact) mass is 1170 g/mol. The van der Waals surface area contributed by atoms with E-state index in [1.54, 1.807) is 0 Å². The third kappa shape index (κ3) is 69.3. The number of allylic oxidation sites excluding steroid dienone is 4. The van der Waals surface area contributed by atoms with Crippen LogP contribution in [0.15, 0.2) is 24.3 Å². The molecule has 2 unspecified atom stereocenters. The molecule has 0 aliphatic heterocycles. The van der Waals surface area contributed by atoms with Crippen molar-refractivity contribution in [3.8, 4) is 0 Å². The summed E-state index contributed by atoms with van der Waals surface area (Å²) < 4.78 is 5.48. The van der Waals surface area contributed by atoms with Gasteiger partial charge in [0.05, 0.1) is 25.4 Å². The van der Waals surface area contributed by atoms with E-state index in [0.29, 0.717) is 25.9 Å². The van der Waals surface area contributed by atoms with E-state index in [9.17, 15) is 19.8 Å². The number of rotatable bonds is 72.